The van der Waals surface area contributed by atoms with Gasteiger partial charge in [-0.05, 0) is 25.7 Å². The SMILES string of the molecule is CCCNC(=O)C(CCCCNC(=O)COCC(N)=O)NC(=O)COCC(=O)O. The molecule has 12 heteroatoms. The van der Waals surface area contributed by atoms with E-state index in [4.69, 9.17) is 20.3 Å². The molecule has 6 N–H and O–H groups in total. The fourth-order valence-electron chi connectivity index (χ4n) is 2.10. The quantitative estimate of drug-likeness (QED) is 0.166. The van der Waals surface area contributed by atoms with Gasteiger partial charge in [0.05, 0.1) is 0 Å². The van der Waals surface area contributed by atoms with Crippen LogP contribution in [0.4, 0.5) is 0 Å². The van der Waals surface area contributed by atoms with E-state index in [9.17, 15) is 24.0 Å². The first-order valence-electron chi connectivity index (χ1n) is 9.25. The summed E-state index contributed by atoms with van der Waals surface area (Å²) in [4.78, 5) is 56.4. The van der Waals surface area contributed by atoms with Gasteiger partial charge in [-0.25, -0.2) is 4.79 Å². The number of nitrogens with one attached hydrogen (secondary N) is 3. The molecule has 0 aromatic carbocycles. The minimum Gasteiger partial charge on any atom is -0.480 e. The molecule has 29 heavy (non-hydrogen) atoms. The maximum absolute atomic E-state index is 12.2. The van der Waals surface area contributed by atoms with Crippen LogP contribution in [0.2, 0.25) is 0 Å². The Kier molecular flexibility index (Phi) is 14.7. The molecule has 0 aliphatic rings. The molecule has 4 amide bonds. The molecule has 0 aliphatic carbocycles. The lowest BCUT2D eigenvalue weighted by molar-refractivity contribution is -0.144. The maximum atomic E-state index is 12.2. The van der Waals surface area contributed by atoms with Crippen molar-refractivity contribution >= 4 is 29.6 Å². The number of carbonyl (C=O) groups is 5. The molecular weight excluding hydrogens is 388 g/mol. The number of ether oxygens (including phenoxy) is 2. The predicted octanol–water partition coefficient (Wildman–Crippen LogP) is -2.11. The Morgan fingerprint density at radius 3 is 2.17 bits per heavy atom. The first kappa shape index (κ1) is 26.3. The van der Waals surface area contributed by atoms with Crippen LogP contribution in [0.25, 0.3) is 0 Å². The van der Waals surface area contributed by atoms with E-state index in [-0.39, 0.29) is 19.1 Å². The van der Waals surface area contributed by atoms with Crippen molar-refractivity contribution in [2.45, 2.75) is 38.6 Å². The Morgan fingerprint density at radius 1 is 0.897 bits per heavy atom. The van der Waals surface area contributed by atoms with Crippen LogP contribution in [-0.2, 0) is 33.4 Å². The van der Waals surface area contributed by atoms with E-state index < -0.39 is 42.9 Å². The summed E-state index contributed by atoms with van der Waals surface area (Å²) >= 11 is 0. The molecule has 0 fully saturated rings. The Balaban J connectivity index is 4.24. The zero-order valence-electron chi connectivity index (χ0n) is 16.5. The molecule has 0 aliphatic heterocycles. The molecule has 0 radical (unpaired) electrons. The number of rotatable bonds is 17. The van der Waals surface area contributed by atoms with Crippen molar-refractivity contribution in [3.8, 4) is 0 Å². The fourth-order valence-corrected chi connectivity index (χ4v) is 2.10. The summed E-state index contributed by atoms with van der Waals surface area (Å²) in [5.74, 6) is -3.20. The van der Waals surface area contributed by atoms with E-state index in [1.807, 2.05) is 6.92 Å². The standard InChI is InChI=1S/C17H30N4O8/c1-2-6-20-17(27)12(21-15(24)10-29-11-16(25)26)5-3-4-7-19-14(23)9-28-8-13(18)22/h12H,2-11H2,1H3,(H2,18,22)(H,19,23)(H,20,27)(H,21,24)(H,25,26). The minimum atomic E-state index is -1.20. The van der Waals surface area contributed by atoms with Gasteiger partial charge in [0.25, 0.3) is 0 Å². The molecule has 0 aromatic heterocycles. The molecule has 12 nitrogen and oxygen atoms in total. The van der Waals surface area contributed by atoms with Crippen molar-refractivity contribution < 1.29 is 38.6 Å². The second-order valence-corrected chi connectivity index (χ2v) is 6.10. The highest BCUT2D eigenvalue weighted by atomic mass is 16.5. The smallest absolute Gasteiger partial charge is 0.329 e. The van der Waals surface area contributed by atoms with Gasteiger partial charge >= 0.3 is 5.97 Å². The second kappa shape index (κ2) is 16.2. The van der Waals surface area contributed by atoms with Gasteiger partial charge in [0, 0.05) is 13.1 Å². The lowest BCUT2D eigenvalue weighted by atomic mass is 10.1. The number of aliphatic carboxylic acids is 1. The van der Waals surface area contributed by atoms with Crippen molar-refractivity contribution in [1.82, 2.24) is 16.0 Å². The third-order valence-electron chi connectivity index (χ3n) is 3.38. The van der Waals surface area contributed by atoms with E-state index in [2.05, 4.69) is 16.0 Å². The van der Waals surface area contributed by atoms with Gasteiger partial charge in [-0.1, -0.05) is 6.92 Å². The van der Waals surface area contributed by atoms with E-state index in [0.717, 1.165) is 6.42 Å². The van der Waals surface area contributed by atoms with Crippen molar-refractivity contribution in [1.29, 1.82) is 0 Å². The number of hydrogen-bond acceptors (Lipinski definition) is 7. The third-order valence-corrected chi connectivity index (χ3v) is 3.38. The average molecular weight is 418 g/mol. The van der Waals surface area contributed by atoms with Crippen LogP contribution >= 0.6 is 0 Å². The molecule has 0 saturated carbocycles. The minimum absolute atomic E-state index is 0.280. The van der Waals surface area contributed by atoms with E-state index >= 15 is 0 Å². The fraction of sp³-hybridized carbons (Fsp3) is 0.706. The number of hydrogen-bond donors (Lipinski definition) is 5. The first-order valence-corrected chi connectivity index (χ1v) is 9.25. The number of primary amides is 1. The predicted molar refractivity (Wildman–Crippen MR) is 101 cm³/mol. The summed E-state index contributed by atoms with van der Waals surface area (Å²) in [6.07, 6.45) is 2.14. The van der Waals surface area contributed by atoms with Crippen LogP contribution in [0, 0.1) is 0 Å². The number of carboxylic acid groups (broad SMARTS) is 1. The zero-order valence-corrected chi connectivity index (χ0v) is 16.5. The summed E-state index contributed by atoms with van der Waals surface area (Å²) in [5, 5.41) is 16.3. The van der Waals surface area contributed by atoms with Crippen LogP contribution in [-0.4, -0.2) is 80.3 Å². The van der Waals surface area contributed by atoms with Crippen molar-refractivity contribution in [2.75, 3.05) is 39.5 Å². The maximum Gasteiger partial charge on any atom is 0.329 e. The summed E-state index contributed by atoms with van der Waals surface area (Å²) in [7, 11) is 0. The number of nitrogens with two attached hydrogens (primary N) is 1. The van der Waals surface area contributed by atoms with Crippen molar-refractivity contribution in [3.63, 3.8) is 0 Å². The number of amides is 4. The normalized spacial score (nSPS) is 11.3. The van der Waals surface area contributed by atoms with Gasteiger partial charge in [-0.15, -0.1) is 0 Å². The van der Waals surface area contributed by atoms with Gasteiger partial charge < -0.3 is 36.3 Å². The molecular formula is C17H30N4O8. The second-order valence-electron chi connectivity index (χ2n) is 6.10. The number of carboxylic acids is 1. The van der Waals surface area contributed by atoms with Crippen molar-refractivity contribution in [3.05, 3.63) is 0 Å². The van der Waals surface area contributed by atoms with E-state index in [1.54, 1.807) is 0 Å². The third kappa shape index (κ3) is 16.0. The lowest BCUT2D eigenvalue weighted by Gasteiger charge is -2.18. The van der Waals surface area contributed by atoms with Gasteiger partial charge in [0.15, 0.2) is 0 Å². The average Bonchev–Trinajstić information content (AvgIpc) is 2.64. The largest absolute Gasteiger partial charge is 0.480 e. The first-order chi connectivity index (χ1) is 13.8. The monoisotopic (exact) mass is 418 g/mol. The molecule has 0 heterocycles. The Morgan fingerprint density at radius 2 is 1.55 bits per heavy atom. The number of carbonyl (C=O) groups excluding carboxylic acids is 4. The summed E-state index contributed by atoms with van der Waals surface area (Å²) in [6, 6.07) is -0.794. The zero-order chi connectivity index (χ0) is 22.1. The topological polar surface area (TPSA) is 186 Å². The summed E-state index contributed by atoms with van der Waals surface area (Å²) in [6.45, 7) is 0.993. The molecule has 0 spiro atoms. The van der Waals surface area contributed by atoms with Crippen molar-refractivity contribution in [2.24, 2.45) is 5.73 Å². The summed E-state index contributed by atoms with van der Waals surface area (Å²) < 4.78 is 9.48. The Bertz CT molecular complexity index is 556. The Hall–Kier alpha value is -2.73. The van der Waals surface area contributed by atoms with Gasteiger partial charge in [-0.3, -0.25) is 19.2 Å². The molecule has 0 saturated heterocycles. The van der Waals surface area contributed by atoms with Crippen LogP contribution in [0.15, 0.2) is 0 Å². The highest BCUT2D eigenvalue weighted by Gasteiger charge is 2.20. The highest BCUT2D eigenvalue weighted by molar-refractivity contribution is 5.88. The van der Waals surface area contributed by atoms with E-state index in [1.165, 1.54) is 0 Å². The van der Waals surface area contributed by atoms with Gasteiger partial charge in [-0.2, -0.15) is 0 Å². The van der Waals surface area contributed by atoms with Crippen LogP contribution in [0.3, 0.4) is 0 Å². The Labute approximate surface area is 168 Å². The van der Waals surface area contributed by atoms with Gasteiger partial charge in [0.1, 0.15) is 32.5 Å². The van der Waals surface area contributed by atoms with Gasteiger partial charge in [0.2, 0.25) is 23.6 Å². The number of unbranched alkanes of at least 4 members (excludes halogenated alkanes) is 1. The molecule has 166 valence electrons. The van der Waals surface area contributed by atoms with Crippen LogP contribution in [0.1, 0.15) is 32.6 Å². The lowest BCUT2D eigenvalue weighted by Crippen LogP contribution is -2.48. The molecule has 0 aromatic rings. The summed E-state index contributed by atoms with van der Waals surface area (Å²) in [5.41, 5.74) is 4.88. The highest BCUT2D eigenvalue weighted by Crippen LogP contribution is 2.02. The van der Waals surface area contributed by atoms with Crippen LogP contribution < -0.4 is 21.7 Å². The van der Waals surface area contributed by atoms with Crippen LogP contribution in [0.5, 0.6) is 0 Å². The molecule has 1 atom stereocenters. The molecule has 1 unspecified atom stereocenters. The molecule has 0 rings (SSSR count). The van der Waals surface area contributed by atoms with E-state index in [0.29, 0.717) is 32.4 Å². The molecule has 0 bridgehead atoms.